The molecule has 1 aliphatic carbocycles. The summed E-state index contributed by atoms with van der Waals surface area (Å²) in [4.78, 5) is 11.4. The molecule has 0 spiro atoms. The van der Waals surface area contributed by atoms with Gasteiger partial charge in [-0.25, -0.2) is 4.79 Å². The normalized spacial score (nSPS) is 15.1. The Morgan fingerprint density at radius 3 is 2.52 bits per heavy atom. The van der Waals surface area contributed by atoms with Crippen LogP contribution in [0.1, 0.15) is 47.5 Å². The van der Waals surface area contributed by atoms with Gasteiger partial charge in [0, 0.05) is 29.7 Å². The van der Waals surface area contributed by atoms with Gasteiger partial charge in [-0.1, -0.05) is 25.0 Å². The predicted octanol–water partition coefficient (Wildman–Crippen LogP) is 4.87. The van der Waals surface area contributed by atoms with Gasteiger partial charge in [0.25, 0.3) is 0 Å². The molecule has 0 saturated heterocycles. The first kappa shape index (κ1) is 16.1. The van der Waals surface area contributed by atoms with Gasteiger partial charge in [0.05, 0.1) is 11.1 Å². The molecule has 1 aliphatic rings. The molecule has 1 fully saturated rings. The first-order valence-corrected chi connectivity index (χ1v) is 9.43. The molecule has 136 valence electrons. The summed E-state index contributed by atoms with van der Waals surface area (Å²) in [5, 5.41) is 15.9. The second-order valence-electron chi connectivity index (χ2n) is 7.49. The molecule has 0 aliphatic heterocycles. The number of carbonyl (C=O) groups is 1. The summed E-state index contributed by atoms with van der Waals surface area (Å²) in [6.07, 6.45) is 7.18. The van der Waals surface area contributed by atoms with Crippen LogP contribution in [-0.2, 0) is 7.05 Å². The molecular formula is C22H21N3O2. The van der Waals surface area contributed by atoms with Crippen LogP contribution < -0.4 is 0 Å². The van der Waals surface area contributed by atoms with Crippen LogP contribution in [-0.4, -0.2) is 25.4 Å². The van der Waals surface area contributed by atoms with Crippen molar-refractivity contribution in [1.82, 2.24) is 14.3 Å². The monoisotopic (exact) mass is 359 g/mol. The largest absolute Gasteiger partial charge is 0.478 e. The van der Waals surface area contributed by atoms with E-state index in [-0.39, 0.29) is 0 Å². The second-order valence-corrected chi connectivity index (χ2v) is 7.49. The van der Waals surface area contributed by atoms with Gasteiger partial charge in [-0.2, -0.15) is 5.10 Å². The highest BCUT2D eigenvalue weighted by atomic mass is 16.4. The third-order valence-electron chi connectivity index (χ3n) is 5.77. The molecule has 2 aromatic heterocycles. The van der Waals surface area contributed by atoms with E-state index in [1.165, 1.54) is 31.2 Å². The molecule has 0 atom stereocenters. The minimum atomic E-state index is -0.914. The fourth-order valence-corrected chi connectivity index (χ4v) is 4.44. The SMILES string of the molecule is Cn1cc2c3cc(C(=O)O)ccc3n(-c3ccc(C4CCCC4)cc3)c2n1. The Balaban J connectivity index is 1.70. The number of fused-ring (bicyclic) bond motifs is 3. The van der Waals surface area contributed by atoms with Crippen molar-refractivity contribution >= 4 is 27.9 Å². The summed E-state index contributed by atoms with van der Waals surface area (Å²) in [7, 11) is 1.89. The van der Waals surface area contributed by atoms with E-state index in [2.05, 4.69) is 33.9 Å². The summed E-state index contributed by atoms with van der Waals surface area (Å²) >= 11 is 0. The van der Waals surface area contributed by atoms with Crippen molar-refractivity contribution in [3.8, 4) is 5.69 Å². The molecule has 5 rings (SSSR count). The minimum absolute atomic E-state index is 0.294. The maximum atomic E-state index is 11.4. The predicted molar refractivity (Wildman–Crippen MR) is 106 cm³/mol. The quantitative estimate of drug-likeness (QED) is 0.567. The number of hydrogen-bond donors (Lipinski definition) is 1. The number of carboxylic acids is 1. The third kappa shape index (κ3) is 2.53. The number of carboxylic acid groups (broad SMARTS) is 1. The number of aryl methyl sites for hydroxylation is 1. The molecule has 27 heavy (non-hydrogen) atoms. The molecule has 5 heteroatoms. The highest BCUT2D eigenvalue weighted by molar-refractivity contribution is 6.09. The van der Waals surface area contributed by atoms with Gasteiger partial charge in [0.2, 0.25) is 0 Å². The zero-order chi connectivity index (χ0) is 18.5. The van der Waals surface area contributed by atoms with Crippen LogP contribution in [0.15, 0.2) is 48.7 Å². The van der Waals surface area contributed by atoms with Crippen LogP contribution in [0.3, 0.4) is 0 Å². The molecule has 5 nitrogen and oxygen atoms in total. The lowest BCUT2D eigenvalue weighted by molar-refractivity contribution is 0.0697. The first-order valence-electron chi connectivity index (χ1n) is 9.43. The van der Waals surface area contributed by atoms with Crippen molar-refractivity contribution in [1.29, 1.82) is 0 Å². The molecule has 4 aromatic rings. The summed E-state index contributed by atoms with van der Waals surface area (Å²) in [5.41, 5.74) is 4.59. The van der Waals surface area contributed by atoms with Crippen LogP contribution in [0.2, 0.25) is 0 Å². The minimum Gasteiger partial charge on any atom is -0.478 e. The Morgan fingerprint density at radius 1 is 1.07 bits per heavy atom. The van der Waals surface area contributed by atoms with Crippen molar-refractivity contribution in [2.45, 2.75) is 31.6 Å². The van der Waals surface area contributed by atoms with Crippen LogP contribution in [0.25, 0.3) is 27.6 Å². The molecule has 2 heterocycles. The number of nitrogens with zero attached hydrogens (tertiary/aromatic N) is 3. The van der Waals surface area contributed by atoms with Crippen LogP contribution in [0.5, 0.6) is 0 Å². The van der Waals surface area contributed by atoms with Crippen molar-refractivity contribution in [3.05, 3.63) is 59.8 Å². The van der Waals surface area contributed by atoms with Crippen LogP contribution >= 0.6 is 0 Å². The highest BCUT2D eigenvalue weighted by Crippen LogP contribution is 2.36. The van der Waals surface area contributed by atoms with Gasteiger partial charge < -0.3 is 5.11 Å². The number of aromatic nitrogens is 3. The second kappa shape index (κ2) is 5.98. The molecule has 0 unspecified atom stereocenters. The van der Waals surface area contributed by atoms with E-state index in [0.717, 1.165) is 27.6 Å². The van der Waals surface area contributed by atoms with E-state index in [1.54, 1.807) is 16.8 Å². The van der Waals surface area contributed by atoms with Gasteiger partial charge in [-0.05, 0) is 54.7 Å². The van der Waals surface area contributed by atoms with Gasteiger partial charge in [-0.15, -0.1) is 0 Å². The molecule has 0 bridgehead atoms. The Labute approximate surface area is 156 Å². The van der Waals surface area contributed by atoms with Crippen LogP contribution in [0.4, 0.5) is 0 Å². The van der Waals surface area contributed by atoms with E-state index in [9.17, 15) is 9.90 Å². The fourth-order valence-electron chi connectivity index (χ4n) is 4.44. The molecule has 2 aromatic carbocycles. The van der Waals surface area contributed by atoms with E-state index >= 15 is 0 Å². The standard InChI is InChI=1S/C22H21N3O2/c1-24-13-19-18-12-16(22(26)27)8-11-20(18)25(21(19)23-24)17-9-6-15(7-10-17)14-4-2-3-5-14/h6-14H,2-5H2,1H3,(H,26,27). The average molecular weight is 359 g/mol. The van der Waals surface area contributed by atoms with E-state index < -0.39 is 5.97 Å². The molecular weight excluding hydrogens is 338 g/mol. The molecule has 0 radical (unpaired) electrons. The lowest BCUT2D eigenvalue weighted by Crippen LogP contribution is -1.99. The third-order valence-corrected chi connectivity index (χ3v) is 5.77. The summed E-state index contributed by atoms with van der Waals surface area (Å²) < 4.78 is 3.90. The van der Waals surface area contributed by atoms with Gasteiger partial charge >= 0.3 is 5.97 Å². The van der Waals surface area contributed by atoms with E-state index in [4.69, 9.17) is 0 Å². The van der Waals surface area contributed by atoms with Crippen molar-refractivity contribution in [2.75, 3.05) is 0 Å². The Morgan fingerprint density at radius 2 is 1.81 bits per heavy atom. The van der Waals surface area contributed by atoms with Crippen molar-refractivity contribution in [2.24, 2.45) is 7.05 Å². The molecule has 1 N–H and O–H groups in total. The van der Waals surface area contributed by atoms with Crippen LogP contribution in [0, 0.1) is 0 Å². The van der Waals surface area contributed by atoms with Gasteiger partial charge in [0.15, 0.2) is 5.65 Å². The molecule has 0 amide bonds. The van der Waals surface area contributed by atoms with Gasteiger partial charge in [0.1, 0.15) is 0 Å². The fraction of sp³-hybridized carbons (Fsp3) is 0.273. The Kier molecular flexibility index (Phi) is 3.57. The topological polar surface area (TPSA) is 60.1 Å². The summed E-state index contributed by atoms with van der Waals surface area (Å²) in [6.45, 7) is 0. The number of rotatable bonds is 3. The first-order chi connectivity index (χ1) is 13.1. The zero-order valence-electron chi connectivity index (χ0n) is 15.2. The smallest absolute Gasteiger partial charge is 0.335 e. The van der Waals surface area contributed by atoms with Crippen molar-refractivity contribution in [3.63, 3.8) is 0 Å². The maximum absolute atomic E-state index is 11.4. The zero-order valence-corrected chi connectivity index (χ0v) is 15.2. The van der Waals surface area contributed by atoms with Crippen molar-refractivity contribution < 1.29 is 9.90 Å². The summed E-state index contributed by atoms with van der Waals surface area (Å²) in [6, 6.07) is 14.1. The number of benzene rings is 2. The van der Waals surface area contributed by atoms with Gasteiger partial charge in [-0.3, -0.25) is 9.25 Å². The average Bonchev–Trinajstić information content (AvgIpc) is 3.37. The maximum Gasteiger partial charge on any atom is 0.335 e. The van der Waals surface area contributed by atoms with E-state index in [0.29, 0.717) is 11.5 Å². The Bertz CT molecular complexity index is 1160. The lowest BCUT2D eigenvalue weighted by Gasteiger charge is -2.12. The highest BCUT2D eigenvalue weighted by Gasteiger charge is 2.19. The molecule has 1 saturated carbocycles. The Hall–Kier alpha value is -3.08. The van der Waals surface area contributed by atoms with E-state index in [1.807, 2.05) is 19.3 Å². The number of aromatic carboxylic acids is 1. The number of hydrogen-bond acceptors (Lipinski definition) is 2. The lowest BCUT2D eigenvalue weighted by atomic mass is 9.97. The summed E-state index contributed by atoms with van der Waals surface area (Å²) in [5.74, 6) is -0.226.